The fourth-order valence-electron chi connectivity index (χ4n) is 5.33. The third kappa shape index (κ3) is 4.45. The van der Waals surface area contributed by atoms with E-state index in [9.17, 15) is 27.6 Å². The molecule has 0 radical (unpaired) electrons. The minimum absolute atomic E-state index is 0.231. The fraction of sp³-hybridized carbons (Fsp3) is 0.542. The van der Waals surface area contributed by atoms with Crippen LogP contribution in [0.2, 0.25) is 0 Å². The zero-order valence-electron chi connectivity index (χ0n) is 17.9. The number of piperidine rings is 1. The summed E-state index contributed by atoms with van der Waals surface area (Å²) in [6.45, 7) is 1.28. The van der Waals surface area contributed by atoms with Gasteiger partial charge in [-0.15, -0.1) is 0 Å². The van der Waals surface area contributed by atoms with Crippen LogP contribution in [0.5, 0.6) is 0 Å². The summed E-state index contributed by atoms with van der Waals surface area (Å²) in [7, 11) is 0. The van der Waals surface area contributed by atoms with Crippen molar-refractivity contribution >= 4 is 17.7 Å². The Morgan fingerprint density at radius 1 is 1.03 bits per heavy atom. The zero-order chi connectivity index (χ0) is 23.0. The van der Waals surface area contributed by atoms with Crippen molar-refractivity contribution in [3.63, 3.8) is 0 Å². The van der Waals surface area contributed by atoms with Gasteiger partial charge in [0.15, 0.2) is 0 Å². The van der Waals surface area contributed by atoms with Gasteiger partial charge in [-0.1, -0.05) is 49.4 Å². The average molecular weight is 448 g/mol. The van der Waals surface area contributed by atoms with Gasteiger partial charge in [-0.2, -0.15) is 13.2 Å². The number of allylic oxidation sites excluding steroid dienone is 1. The minimum atomic E-state index is -4.67. The normalized spacial score (nSPS) is 28.9. The number of hydrogen-bond donors (Lipinski definition) is 0. The smallest absolute Gasteiger partial charge is 0.342 e. The number of fused-ring (bicyclic) bond motifs is 1. The van der Waals surface area contributed by atoms with E-state index in [-0.39, 0.29) is 16.7 Å². The summed E-state index contributed by atoms with van der Waals surface area (Å²) in [4.78, 5) is 40.8. The predicted molar refractivity (Wildman–Crippen MR) is 111 cm³/mol. The quantitative estimate of drug-likeness (QED) is 0.524. The first-order valence-electron chi connectivity index (χ1n) is 11.1. The van der Waals surface area contributed by atoms with Gasteiger partial charge in [-0.05, 0) is 36.7 Å². The van der Waals surface area contributed by atoms with E-state index < -0.39 is 42.3 Å². The number of likely N-dealkylation sites (tertiary alicyclic amines) is 2. The number of hydrogen-bond acceptors (Lipinski definition) is 3. The number of benzene rings is 1. The molecule has 0 aromatic heterocycles. The molecule has 3 aliphatic rings. The number of carbonyl (C=O) groups excluding carboxylic acids is 3. The van der Waals surface area contributed by atoms with Gasteiger partial charge in [0, 0.05) is 13.1 Å². The van der Waals surface area contributed by atoms with Crippen LogP contribution in [0.15, 0.2) is 42.5 Å². The molecule has 4 rings (SSSR count). The second-order valence-electron chi connectivity index (χ2n) is 9.16. The maximum atomic E-state index is 13.4. The molecule has 5 nitrogen and oxygen atoms in total. The van der Waals surface area contributed by atoms with Gasteiger partial charge in [0.25, 0.3) is 0 Å². The van der Waals surface area contributed by atoms with E-state index in [1.54, 1.807) is 17.9 Å². The third-order valence-electron chi connectivity index (χ3n) is 6.98. The first-order valence-corrected chi connectivity index (χ1v) is 11.1. The highest BCUT2D eigenvalue weighted by Crippen LogP contribution is 2.43. The molecule has 2 heterocycles. The van der Waals surface area contributed by atoms with Crippen LogP contribution in [0, 0.1) is 29.6 Å². The summed E-state index contributed by atoms with van der Waals surface area (Å²) in [6, 6.07) is 10.2. The monoisotopic (exact) mass is 448 g/mol. The predicted octanol–water partition coefficient (Wildman–Crippen LogP) is 3.45. The molecule has 0 unspecified atom stereocenters. The Balaban J connectivity index is 1.44. The molecular weight excluding hydrogens is 421 g/mol. The van der Waals surface area contributed by atoms with Crippen LogP contribution in [-0.4, -0.2) is 53.3 Å². The van der Waals surface area contributed by atoms with E-state index >= 15 is 0 Å². The van der Waals surface area contributed by atoms with E-state index in [0.717, 1.165) is 19.3 Å². The highest BCUT2D eigenvalue weighted by molar-refractivity contribution is 6.08. The molecule has 4 atom stereocenters. The Morgan fingerprint density at radius 2 is 1.69 bits per heavy atom. The summed E-state index contributed by atoms with van der Waals surface area (Å²) in [5.41, 5.74) is 1.26. The van der Waals surface area contributed by atoms with Crippen LogP contribution in [0.25, 0.3) is 0 Å². The minimum Gasteiger partial charge on any atom is -0.342 e. The van der Waals surface area contributed by atoms with Gasteiger partial charge >= 0.3 is 6.18 Å². The molecule has 1 aliphatic carbocycles. The lowest BCUT2D eigenvalue weighted by atomic mass is 9.71. The number of rotatable bonds is 4. The van der Waals surface area contributed by atoms with Crippen molar-refractivity contribution in [3.8, 4) is 0 Å². The van der Waals surface area contributed by atoms with Crippen molar-refractivity contribution in [2.75, 3.05) is 19.6 Å². The largest absolute Gasteiger partial charge is 0.406 e. The first-order chi connectivity index (χ1) is 15.2. The molecule has 3 amide bonds. The second kappa shape index (κ2) is 8.71. The van der Waals surface area contributed by atoms with Crippen molar-refractivity contribution in [3.05, 3.63) is 48.0 Å². The average Bonchev–Trinajstić information content (AvgIpc) is 2.98. The van der Waals surface area contributed by atoms with E-state index in [4.69, 9.17) is 0 Å². The lowest BCUT2D eigenvalue weighted by molar-refractivity contribution is -0.167. The van der Waals surface area contributed by atoms with Crippen LogP contribution in [0.4, 0.5) is 13.2 Å². The Labute approximate surface area is 185 Å². The van der Waals surface area contributed by atoms with Gasteiger partial charge < -0.3 is 4.90 Å². The molecule has 0 saturated carbocycles. The van der Waals surface area contributed by atoms with E-state index in [1.807, 2.05) is 18.2 Å². The maximum absolute atomic E-state index is 13.4. The number of halogens is 3. The molecule has 0 spiro atoms. The lowest BCUT2D eigenvalue weighted by Gasteiger charge is -2.38. The molecule has 8 heteroatoms. The number of nitrogens with zero attached hydrogens (tertiary/aromatic N) is 2. The highest BCUT2D eigenvalue weighted by atomic mass is 19.4. The maximum Gasteiger partial charge on any atom is 0.406 e. The molecule has 172 valence electrons. The van der Waals surface area contributed by atoms with Crippen LogP contribution in [-0.2, 0) is 20.8 Å². The van der Waals surface area contributed by atoms with Crippen LogP contribution in [0.1, 0.15) is 25.3 Å². The van der Waals surface area contributed by atoms with Gasteiger partial charge in [-0.3, -0.25) is 19.3 Å². The van der Waals surface area contributed by atoms with Crippen molar-refractivity contribution < 1.29 is 27.6 Å². The molecule has 2 aliphatic heterocycles. The van der Waals surface area contributed by atoms with E-state index in [0.29, 0.717) is 19.0 Å². The van der Waals surface area contributed by atoms with Crippen molar-refractivity contribution in [1.29, 1.82) is 0 Å². The second-order valence-corrected chi connectivity index (χ2v) is 9.16. The molecule has 2 fully saturated rings. The van der Waals surface area contributed by atoms with Crippen LogP contribution >= 0.6 is 0 Å². The Kier molecular flexibility index (Phi) is 6.14. The lowest BCUT2D eigenvalue weighted by Crippen LogP contribution is -2.48. The molecule has 1 aromatic carbocycles. The summed E-state index contributed by atoms with van der Waals surface area (Å²) in [5, 5.41) is 0. The molecule has 0 bridgehead atoms. The first kappa shape index (κ1) is 22.6. The SMILES string of the molecule is C[C@@H]1C=C[C@@H]2C(=O)N(CC(F)(F)F)C(=O)[C@H]2[C@H]1C(=O)N1CCC(Cc2ccccc2)CC1. The third-order valence-corrected chi connectivity index (χ3v) is 6.98. The van der Waals surface area contributed by atoms with Crippen LogP contribution in [0.3, 0.4) is 0 Å². The van der Waals surface area contributed by atoms with E-state index in [2.05, 4.69) is 12.1 Å². The fourth-order valence-corrected chi connectivity index (χ4v) is 5.33. The molecular formula is C24H27F3N2O3. The Bertz CT molecular complexity index is 907. The number of alkyl halides is 3. The summed E-state index contributed by atoms with van der Waals surface area (Å²) >= 11 is 0. The van der Waals surface area contributed by atoms with Gasteiger partial charge in [0.05, 0.1) is 17.8 Å². The Hall–Kier alpha value is -2.64. The highest BCUT2D eigenvalue weighted by Gasteiger charge is 2.56. The topological polar surface area (TPSA) is 57.7 Å². The van der Waals surface area contributed by atoms with Crippen molar-refractivity contribution in [2.45, 2.75) is 32.4 Å². The van der Waals surface area contributed by atoms with Crippen molar-refractivity contribution in [2.24, 2.45) is 29.6 Å². The molecule has 2 saturated heterocycles. The number of carbonyl (C=O) groups is 3. The summed E-state index contributed by atoms with van der Waals surface area (Å²) in [5.74, 6) is -4.71. The van der Waals surface area contributed by atoms with Gasteiger partial charge in [0.1, 0.15) is 6.54 Å². The standard InChI is InChI=1S/C24H27F3N2O3/c1-15-7-8-18-20(23(32)29(21(18)30)14-24(25,26)27)19(15)22(31)28-11-9-17(10-12-28)13-16-5-3-2-4-6-16/h2-8,15,17-20H,9-14H2,1H3/t15-,18+,19+,20-/m1/s1. The van der Waals surface area contributed by atoms with Gasteiger partial charge in [-0.25, -0.2) is 0 Å². The van der Waals surface area contributed by atoms with Crippen molar-refractivity contribution in [1.82, 2.24) is 9.80 Å². The summed E-state index contributed by atoms with van der Waals surface area (Å²) < 4.78 is 38.7. The summed E-state index contributed by atoms with van der Waals surface area (Å²) in [6.07, 6.45) is 1.12. The number of imide groups is 1. The molecule has 32 heavy (non-hydrogen) atoms. The zero-order valence-corrected chi connectivity index (χ0v) is 17.9. The van der Waals surface area contributed by atoms with Crippen LogP contribution < -0.4 is 0 Å². The Morgan fingerprint density at radius 3 is 2.31 bits per heavy atom. The molecule has 0 N–H and O–H groups in total. The molecule has 1 aromatic rings. The number of amides is 3. The van der Waals surface area contributed by atoms with Gasteiger partial charge in [0.2, 0.25) is 17.7 Å². The van der Waals surface area contributed by atoms with E-state index in [1.165, 1.54) is 11.6 Å².